The van der Waals surface area contributed by atoms with Gasteiger partial charge in [-0.3, -0.25) is 0 Å². The van der Waals surface area contributed by atoms with E-state index in [1.807, 2.05) is 6.92 Å². The maximum atomic E-state index is 13.3. The van der Waals surface area contributed by atoms with E-state index in [0.717, 1.165) is 18.4 Å². The first-order valence-electron chi connectivity index (χ1n) is 10.6. The molecular formula is C23H34FNO5. The molecular weight excluding hydrogens is 389 g/mol. The van der Waals surface area contributed by atoms with E-state index in [-0.39, 0.29) is 30.4 Å². The molecule has 0 saturated carbocycles. The molecule has 2 rings (SSSR count). The lowest BCUT2D eigenvalue weighted by molar-refractivity contribution is -0.154. The average molecular weight is 424 g/mol. The van der Waals surface area contributed by atoms with Gasteiger partial charge in [-0.1, -0.05) is 25.5 Å². The highest BCUT2D eigenvalue weighted by Crippen LogP contribution is 2.29. The Hall–Kier alpha value is -2.15. The number of nitrogens with one attached hydrogen (secondary N) is 1. The molecule has 1 fully saturated rings. The second-order valence-electron chi connectivity index (χ2n) is 8.92. The fourth-order valence-electron chi connectivity index (χ4n) is 3.71. The fourth-order valence-corrected chi connectivity index (χ4v) is 3.71. The minimum Gasteiger partial charge on any atom is -0.461 e. The number of amides is 1. The third-order valence-electron chi connectivity index (χ3n) is 5.15. The molecule has 7 heteroatoms. The van der Waals surface area contributed by atoms with Gasteiger partial charge >= 0.3 is 12.1 Å². The highest BCUT2D eigenvalue weighted by molar-refractivity contribution is 5.81. The highest BCUT2D eigenvalue weighted by Gasteiger charge is 2.35. The van der Waals surface area contributed by atoms with Crippen molar-refractivity contribution >= 4 is 12.1 Å². The van der Waals surface area contributed by atoms with Gasteiger partial charge in [0.05, 0.1) is 6.61 Å². The minimum atomic E-state index is -0.936. The van der Waals surface area contributed by atoms with E-state index in [9.17, 15) is 14.0 Å². The number of rotatable bonds is 5. The van der Waals surface area contributed by atoms with Gasteiger partial charge in [0.2, 0.25) is 0 Å². The molecule has 1 aromatic rings. The van der Waals surface area contributed by atoms with Gasteiger partial charge in [-0.25, -0.2) is 14.0 Å². The zero-order chi connectivity index (χ0) is 22.3. The SMILES string of the molecule is CCC[C@H]1COC[C@H](NC(=O)OC(C)(C)C)C(=O)O[C@@H](C)[C@@H]1Cc1ccc(F)cc1. The predicted molar refractivity (Wildman–Crippen MR) is 112 cm³/mol. The molecule has 1 saturated heterocycles. The summed E-state index contributed by atoms with van der Waals surface area (Å²) >= 11 is 0. The van der Waals surface area contributed by atoms with Crippen molar-refractivity contribution in [2.75, 3.05) is 13.2 Å². The van der Waals surface area contributed by atoms with Crippen molar-refractivity contribution in [1.29, 1.82) is 0 Å². The molecule has 1 heterocycles. The van der Waals surface area contributed by atoms with Gasteiger partial charge in [0, 0.05) is 12.5 Å². The first kappa shape index (κ1) is 24.1. The van der Waals surface area contributed by atoms with Crippen molar-refractivity contribution in [3.8, 4) is 0 Å². The molecule has 1 aliphatic heterocycles. The Morgan fingerprint density at radius 3 is 2.50 bits per heavy atom. The van der Waals surface area contributed by atoms with Crippen molar-refractivity contribution in [2.45, 2.75) is 71.6 Å². The molecule has 30 heavy (non-hydrogen) atoms. The standard InChI is InChI=1S/C23H34FNO5/c1-6-7-17-13-28-14-20(25-22(27)30-23(3,4)5)21(26)29-15(2)19(17)12-16-8-10-18(24)11-9-16/h8-11,15,17,19-20H,6-7,12-14H2,1-5H3,(H,25,27)/t15-,17-,19-,20-/m0/s1. The van der Waals surface area contributed by atoms with E-state index in [4.69, 9.17) is 14.2 Å². The molecule has 1 amide bonds. The molecule has 1 aliphatic rings. The number of carbonyl (C=O) groups is 2. The summed E-state index contributed by atoms with van der Waals surface area (Å²) in [4.78, 5) is 24.8. The van der Waals surface area contributed by atoms with Gasteiger partial charge in [0.15, 0.2) is 6.04 Å². The summed E-state index contributed by atoms with van der Waals surface area (Å²) in [5.41, 5.74) is 0.306. The van der Waals surface area contributed by atoms with E-state index in [1.165, 1.54) is 12.1 Å². The Morgan fingerprint density at radius 2 is 1.90 bits per heavy atom. The number of cyclic esters (lactones) is 1. The lowest BCUT2D eigenvalue weighted by Crippen LogP contribution is -2.47. The van der Waals surface area contributed by atoms with E-state index < -0.39 is 23.7 Å². The number of alkyl carbamates (subject to hydrolysis) is 1. The Balaban J connectivity index is 2.14. The van der Waals surface area contributed by atoms with Gasteiger partial charge in [-0.15, -0.1) is 0 Å². The van der Waals surface area contributed by atoms with Crippen molar-refractivity contribution in [3.63, 3.8) is 0 Å². The Bertz CT molecular complexity index is 701. The van der Waals surface area contributed by atoms with E-state index >= 15 is 0 Å². The lowest BCUT2D eigenvalue weighted by Gasteiger charge is -2.30. The molecule has 1 N–H and O–H groups in total. The average Bonchev–Trinajstić information content (AvgIpc) is 2.68. The van der Waals surface area contributed by atoms with Gasteiger partial charge in [-0.05, 0) is 64.2 Å². The molecule has 0 spiro atoms. The lowest BCUT2D eigenvalue weighted by atomic mass is 9.81. The van der Waals surface area contributed by atoms with Crippen molar-refractivity contribution < 1.29 is 28.2 Å². The first-order chi connectivity index (χ1) is 14.1. The normalized spacial score (nSPS) is 25.5. The van der Waals surface area contributed by atoms with E-state index in [0.29, 0.717) is 13.0 Å². The van der Waals surface area contributed by atoms with E-state index in [2.05, 4.69) is 12.2 Å². The number of hydrogen-bond acceptors (Lipinski definition) is 5. The molecule has 0 bridgehead atoms. The van der Waals surface area contributed by atoms with Crippen LogP contribution in [-0.4, -0.2) is 43.0 Å². The molecule has 0 aromatic heterocycles. The molecule has 0 aliphatic carbocycles. The van der Waals surface area contributed by atoms with Gasteiger partial charge in [-0.2, -0.15) is 0 Å². The number of hydrogen-bond donors (Lipinski definition) is 1. The van der Waals surface area contributed by atoms with Crippen LogP contribution in [0, 0.1) is 17.7 Å². The first-order valence-corrected chi connectivity index (χ1v) is 10.6. The summed E-state index contributed by atoms with van der Waals surface area (Å²) < 4.78 is 30.1. The quantitative estimate of drug-likeness (QED) is 0.717. The smallest absolute Gasteiger partial charge is 0.408 e. The Labute approximate surface area is 178 Å². The number of esters is 1. The topological polar surface area (TPSA) is 73.9 Å². The van der Waals surface area contributed by atoms with Crippen LogP contribution < -0.4 is 5.32 Å². The fraction of sp³-hybridized carbons (Fsp3) is 0.652. The highest BCUT2D eigenvalue weighted by atomic mass is 19.1. The number of halogens is 1. The van der Waals surface area contributed by atoms with Crippen LogP contribution in [0.4, 0.5) is 9.18 Å². The Morgan fingerprint density at radius 1 is 1.23 bits per heavy atom. The largest absolute Gasteiger partial charge is 0.461 e. The third-order valence-corrected chi connectivity index (χ3v) is 5.15. The van der Waals surface area contributed by atoms with Crippen LogP contribution in [0.15, 0.2) is 24.3 Å². The van der Waals surface area contributed by atoms with Gasteiger partial charge in [0.1, 0.15) is 17.5 Å². The van der Waals surface area contributed by atoms with Crippen molar-refractivity contribution in [2.24, 2.45) is 11.8 Å². The predicted octanol–water partition coefficient (Wildman–Crippen LogP) is 4.26. The maximum absolute atomic E-state index is 13.3. The zero-order valence-corrected chi connectivity index (χ0v) is 18.6. The minimum absolute atomic E-state index is 0.0136. The van der Waals surface area contributed by atoms with Crippen LogP contribution in [-0.2, 0) is 25.4 Å². The van der Waals surface area contributed by atoms with Crippen LogP contribution in [0.25, 0.3) is 0 Å². The summed E-state index contributed by atoms with van der Waals surface area (Å²) in [6, 6.07) is 5.45. The van der Waals surface area contributed by atoms with Crippen molar-refractivity contribution in [1.82, 2.24) is 5.32 Å². The monoisotopic (exact) mass is 423 g/mol. The van der Waals surface area contributed by atoms with Crippen LogP contribution in [0.2, 0.25) is 0 Å². The van der Waals surface area contributed by atoms with Gasteiger partial charge in [0.25, 0.3) is 0 Å². The van der Waals surface area contributed by atoms with E-state index in [1.54, 1.807) is 32.9 Å². The third kappa shape index (κ3) is 7.59. The maximum Gasteiger partial charge on any atom is 0.408 e. The van der Waals surface area contributed by atoms with Gasteiger partial charge < -0.3 is 19.5 Å². The van der Waals surface area contributed by atoms with Crippen LogP contribution in [0.5, 0.6) is 0 Å². The summed E-state index contributed by atoms with van der Waals surface area (Å²) in [6.45, 7) is 9.70. The van der Waals surface area contributed by atoms with Crippen LogP contribution >= 0.6 is 0 Å². The van der Waals surface area contributed by atoms with Crippen molar-refractivity contribution in [3.05, 3.63) is 35.6 Å². The molecule has 168 valence electrons. The number of ether oxygens (including phenoxy) is 3. The molecule has 0 unspecified atom stereocenters. The summed E-state index contributed by atoms with van der Waals surface area (Å²) in [7, 11) is 0. The second kappa shape index (κ2) is 10.8. The molecule has 0 radical (unpaired) electrons. The second-order valence-corrected chi connectivity index (χ2v) is 8.92. The number of carbonyl (C=O) groups excluding carboxylic acids is 2. The Kier molecular flexibility index (Phi) is 8.65. The van der Waals surface area contributed by atoms with Crippen LogP contribution in [0.3, 0.4) is 0 Å². The summed E-state index contributed by atoms with van der Waals surface area (Å²) in [6.07, 6.45) is 1.45. The molecule has 4 atom stereocenters. The van der Waals surface area contributed by atoms with Crippen LogP contribution in [0.1, 0.15) is 53.0 Å². The number of benzene rings is 1. The summed E-state index contributed by atoms with van der Waals surface area (Å²) in [5.74, 6) is -0.644. The molecule has 6 nitrogen and oxygen atoms in total. The summed E-state index contributed by atoms with van der Waals surface area (Å²) in [5, 5.41) is 2.56. The zero-order valence-electron chi connectivity index (χ0n) is 18.6. The molecule has 1 aromatic carbocycles.